The quantitative estimate of drug-likeness (QED) is 0.756. The van der Waals surface area contributed by atoms with E-state index in [0.29, 0.717) is 12.1 Å². The molecule has 0 aromatic heterocycles. The Kier molecular flexibility index (Phi) is 6.24. The first-order valence-electron chi connectivity index (χ1n) is 7.74. The largest absolute Gasteiger partial charge is 0.490 e. The van der Waals surface area contributed by atoms with Crippen molar-refractivity contribution in [2.75, 3.05) is 18.6 Å². The van der Waals surface area contributed by atoms with E-state index < -0.39 is 0 Å². The van der Waals surface area contributed by atoms with Crippen LogP contribution in [0.5, 0.6) is 5.75 Å². The predicted molar refractivity (Wildman–Crippen MR) is 88.9 cm³/mol. The smallest absolute Gasteiger partial charge is 0.124 e. The lowest BCUT2D eigenvalue weighted by atomic mass is 9.93. The molecule has 1 N–H and O–H groups in total. The zero-order valence-electron chi connectivity index (χ0n) is 12.9. The molecule has 112 valence electrons. The molecule has 0 radical (unpaired) electrons. The summed E-state index contributed by atoms with van der Waals surface area (Å²) < 4.78 is 6.19. The van der Waals surface area contributed by atoms with E-state index in [4.69, 9.17) is 4.74 Å². The van der Waals surface area contributed by atoms with Gasteiger partial charge in [-0.3, -0.25) is 0 Å². The number of nitrogens with one attached hydrogen (secondary N) is 1. The van der Waals surface area contributed by atoms with Crippen LogP contribution in [-0.4, -0.2) is 24.7 Å². The van der Waals surface area contributed by atoms with Crippen LogP contribution in [0.2, 0.25) is 0 Å². The number of fused-ring (bicyclic) bond motifs is 1. The number of hydrogen-bond donors (Lipinski definition) is 1. The number of thioether (sulfide) groups is 1. The molecule has 2 nitrogen and oxygen atoms in total. The van der Waals surface area contributed by atoms with Crippen LogP contribution >= 0.6 is 11.8 Å². The lowest BCUT2D eigenvalue weighted by molar-refractivity contribution is 0.140. The molecule has 2 rings (SSSR count). The van der Waals surface area contributed by atoms with Gasteiger partial charge < -0.3 is 10.1 Å². The summed E-state index contributed by atoms with van der Waals surface area (Å²) >= 11 is 1.92. The Hall–Kier alpha value is -0.670. The molecule has 0 aliphatic carbocycles. The molecule has 20 heavy (non-hydrogen) atoms. The molecule has 1 aliphatic rings. The molecule has 0 fully saturated rings. The molecular formula is C17H27NOS. The van der Waals surface area contributed by atoms with E-state index in [9.17, 15) is 0 Å². The zero-order valence-corrected chi connectivity index (χ0v) is 13.8. The van der Waals surface area contributed by atoms with Crippen molar-refractivity contribution in [2.45, 2.75) is 51.7 Å². The summed E-state index contributed by atoms with van der Waals surface area (Å²) in [5.74, 6) is 2.32. The second kappa shape index (κ2) is 7.94. The Balaban J connectivity index is 2.07. The summed E-state index contributed by atoms with van der Waals surface area (Å²) in [6.07, 6.45) is 7.23. The van der Waals surface area contributed by atoms with Gasteiger partial charge in [-0.25, -0.2) is 0 Å². The minimum Gasteiger partial charge on any atom is -0.490 e. The normalized spacial score (nSPS) is 21.4. The average Bonchev–Trinajstić information content (AvgIpc) is 2.45. The van der Waals surface area contributed by atoms with Gasteiger partial charge in [-0.1, -0.05) is 24.6 Å². The van der Waals surface area contributed by atoms with Crippen molar-refractivity contribution in [1.29, 1.82) is 0 Å². The van der Waals surface area contributed by atoms with E-state index in [1.807, 2.05) is 11.8 Å². The van der Waals surface area contributed by atoms with Crippen LogP contribution < -0.4 is 10.1 Å². The molecule has 0 amide bonds. The number of aryl methyl sites for hydroxylation is 1. The first kappa shape index (κ1) is 15.7. The van der Waals surface area contributed by atoms with Crippen molar-refractivity contribution in [2.24, 2.45) is 0 Å². The van der Waals surface area contributed by atoms with Gasteiger partial charge >= 0.3 is 0 Å². The van der Waals surface area contributed by atoms with Gasteiger partial charge in [0.05, 0.1) is 0 Å². The Morgan fingerprint density at radius 1 is 1.40 bits per heavy atom. The van der Waals surface area contributed by atoms with Crippen LogP contribution in [0.4, 0.5) is 0 Å². The highest BCUT2D eigenvalue weighted by molar-refractivity contribution is 7.98. The second-order valence-electron chi connectivity index (χ2n) is 5.66. The van der Waals surface area contributed by atoms with Crippen molar-refractivity contribution < 1.29 is 4.74 Å². The summed E-state index contributed by atoms with van der Waals surface area (Å²) in [4.78, 5) is 0. The highest BCUT2D eigenvalue weighted by Crippen LogP contribution is 2.36. The Labute approximate surface area is 127 Å². The third kappa shape index (κ3) is 4.16. The second-order valence-corrected chi connectivity index (χ2v) is 6.64. The maximum atomic E-state index is 6.19. The van der Waals surface area contributed by atoms with Gasteiger partial charge in [0.15, 0.2) is 0 Å². The SMILES string of the molecule is CCCNC1CC(CCCSC)Oc2ccc(C)cc21. The molecule has 1 aromatic carbocycles. The molecule has 1 heterocycles. The first-order valence-corrected chi connectivity index (χ1v) is 9.13. The summed E-state index contributed by atoms with van der Waals surface area (Å²) in [6, 6.07) is 7.03. The van der Waals surface area contributed by atoms with Crippen molar-refractivity contribution >= 4 is 11.8 Å². The summed E-state index contributed by atoms with van der Waals surface area (Å²) in [5, 5.41) is 3.69. The number of benzene rings is 1. The van der Waals surface area contributed by atoms with E-state index in [-0.39, 0.29) is 0 Å². The lowest BCUT2D eigenvalue weighted by Crippen LogP contribution is -2.33. The van der Waals surface area contributed by atoms with Crippen molar-refractivity contribution in [3.8, 4) is 5.75 Å². The maximum Gasteiger partial charge on any atom is 0.124 e. The Morgan fingerprint density at radius 2 is 2.25 bits per heavy atom. The highest BCUT2D eigenvalue weighted by Gasteiger charge is 2.27. The topological polar surface area (TPSA) is 21.3 Å². The van der Waals surface area contributed by atoms with Gasteiger partial charge in [0, 0.05) is 18.0 Å². The molecule has 2 unspecified atom stereocenters. The van der Waals surface area contributed by atoms with Gasteiger partial charge in [0.1, 0.15) is 11.9 Å². The third-order valence-electron chi connectivity index (χ3n) is 3.85. The van der Waals surface area contributed by atoms with Crippen molar-refractivity contribution in [3.63, 3.8) is 0 Å². The number of rotatable bonds is 7. The summed E-state index contributed by atoms with van der Waals surface area (Å²) in [6.45, 7) is 5.46. The van der Waals surface area contributed by atoms with E-state index >= 15 is 0 Å². The fraction of sp³-hybridized carbons (Fsp3) is 0.647. The molecule has 1 aliphatic heterocycles. The molecular weight excluding hydrogens is 266 g/mol. The van der Waals surface area contributed by atoms with Crippen molar-refractivity contribution in [3.05, 3.63) is 29.3 Å². The van der Waals surface area contributed by atoms with E-state index in [0.717, 1.165) is 18.7 Å². The first-order chi connectivity index (χ1) is 9.74. The standard InChI is InChI=1S/C17H27NOS/c1-4-9-18-16-12-14(6-5-10-20-3)19-17-8-7-13(2)11-15(16)17/h7-8,11,14,16,18H,4-6,9-10,12H2,1-3H3. The minimum absolute atomic E-state index is 0.367. The van der Waals surface area contributed by atoms with Crippen LogP contribution in [0, 0.1) is 6.92 Å². The molecule has 2 atom stereocenters. The highest BCUT2D eigenvalue weighted by atomic mass is 32.2. The van der Waals surface area contributed by atoms with Gasteiger partial charge in [0.2, 0.25) is 0 Å². The fourth-order valence-corrected chi connectivity index (χ4v) is 3.26. The molecule has 0 spiro atoms. The number of hydrogen-bond acceptors (Lipinski definition) is 3. The Bertz CT molecular complexity index is 421. The lowest BCUT2D eigenvalue weighted by Gasteiger charge is -2.33. The van der Waals surface area contributed by atoms with Gasteiger partial charge in [-0.15, -0.1) is 0 Å². The summed E-state index contributed by atoms with van der Waals surface area (Å²) in [5.41, 5.74) is 2.66. The molecule has 3 heteroatoms. The molecule has 0 bridgehead atoms. The summed E-state index contributed by atoms with van der Waals surface area (Å²) in [7, 11) is 0. The van der Waals surface area contributed by atoms with Crippen LogP contribution in [-0.2, 0) is 0 Å². The van der Waals surface area contributed by atoms with E-state index in [2.05, 4.69) is 43.6 Å². The Morgan fingerprint density at radius 3 is 3.00 bits per heavy atom. The molecule has 0 saturated heterocycles. The average molecular weight is 293 g/mol. The molecule has 0 saturated carbocycles. The van der Waals surface area contributed by atoms with Gasteiger partial charge in [-0.2, -0.15) is 11.8 Å². The van der Waals surface area contributed by atoms with E-state index in [1.165, 1.54) is 36.1 Å². The number of ether oxygens (including phenoxy) is 1. The van der Waals surface area contributed by atoms with Gasteiger partial charge in [0.25, 0.3) is 0 Å². The van der Waals surface area contributed by atoms with Crippen LogP contribution in [0.15, 0.2) is 18.2 Å². The monoisotopic (exact) mass is 293 g/mol. The minimum atomic E-state index is 0.367. The van der Waals surface area contributed by atoms with Crippen LogP contribution in [0.1, 0.15) is 49.8 Å². The third-order valence-corrected chi connectivity index (χ3v) is 4.55. The van der Waals surface area contributed by atoms with E-state index in [1.54, 1.807) is 0 Å². The maximum absolute atomic E-state index is 6.19. The van der Waals surface area contributed by atoms with Crippen molar-refractivity contribution in [1.82, 2.24) is 5.32 Å². The predicted octanol–water partition coefficient (Wildman–Crippen LogP) is 4.33. The fourth-order valence-electron chi connectivity index (χ4n) is 2.81. The molecule has 1 aromatic rings. The van der Waals surface area contributed by atoms with Gasteiger partial charge in [-0.05, 0) is 50.8 Å². The van der Waals surface area contributed by atoms with Crippen LogP contribution in [0.3, 0.4) is 0 Å². The van der Waals surface area contributed by atoms with Crippen LogP contribution in [0.25, 0.3) is 0 Å². The zero-order chi connectivity index (χ0) is 14.4.